The Bertz CT molecular complexity index is 520. The quantitative estimate of drug-likeness (QED) is 0.627. The highest BCUT2D eigenvalue weighted by Gasteiger charge is 2.02. The lowest BCUT2D eigenvalue weighted by Crippen LogP contribution is -2.26. The number of benzene rings is 1. The van der Waals surface area contributed by atoms with Gasteiger partial charge in [-0.25, -0.2) is 0 Å². The monoisotopic (exact) mass is 289 g/mol. The zero-order valence-corrected chi connectivity index (χ0v) is 12.4. The molecule has 1 N–H and O–H groups in total. The van der Waals surface area contributed by atoms with Crippen LogP contribution >= 0.6 is 11.8 Å². The summed E-state index contributed by atoms with van der Waals surface area (Å²) in [5.41, 5.74) is 1.23. The molecule has 0 saturated heterocycles. The molecular formula is C16H19NO2S. The number of hydrogen-bond donors (Lipinski definition) is 1. The molecule has 1 aromatic carbocycles. The fourth-order valence-corrected chi connectivity index (χ4v) is 2.51. The normalized spacial score (nSPS) is 10.4. The summed E-state index contributed by atoms with van der Waals surface area (Å²) in [6, 6.07) is 12.0. The van der Waals surface area contributed by atoms with Crippen molar-refractivity contribution < 1.29 is 9.21 Å². The van der Waals surface area contributed by atoms with Crippen LogP contribution in [0.5, 0.6) is 0 Å². The Hall–Kier alpha value is -1.68. The number of amides is 1. The number of thioether (sulfide) groups is 1. The van der Waals surface area contributed by atoms with E-state index in [1.54, 1.807) is 18.0 Å². The third kappa shape index (κ3) is 5.13. The average molecular weight is 289 g/mol. The van der Waals surface area contributed by atoms with Crippen LogP contribution in [0, 0.1) is 6.92 Å². The SMILES string of the molecule is Cc1ccc(SCC(=O)NCCCc2ccco2)cc1. The van der Waals surface area contributed by atoms with Gasteiger partial charge in [-0.1, -0.05) is 17.7 Å². The first-order valence-electron chi connectivity index (χ1n) is 6.72. The van der Waals surface area contributed by atoms with Crippen LogP contribution in [0.2, 0.25) is 0 Å². The van der Waals surface area contributed by atoms with Gasteiger partial charge in [0.05, 0.1) is 12.0 Å². The highest BCUT2D eigenvalue weighted by atomic mass is 32.2. The van der Waals surface area contributed by atoms with Gasteiger partial charge in [0.1, 0.15) is 5.76 Å². The summed E-state index contributed by atoms with van der Waals surface area (Å²) in [6.45, 7) is 2.74. The van der Waals surface area contributed by atoms with Gasteiger partial charge < -0.3 is 9.73 Å². The Morgan fingerprint density at radius 1 is 1.25 bits per heavy atom. The lowest BCUT2D eigenvalue weighted by molar-refractivity contribution is -0.118. The van der Waals surface area contributed by atoms with Crippen LogP contribution in [-0.4, -0.2) is 18.2 Å². The highest BCUT2D eigenvalue weighted by molar-refractivity contribution is 8.00. The smallest absolute Gasteiger partial charge is 0.230 e. The molecule has 0 unspecified atom stereocenters. The minimum Gasteiger partial charge on any atom is -0.469 e. The first kappa shape index (κ1) is 14.7. The lowest BCUT2D eigenvalue weighted by Gasteiger charge is -2.05. The molecule has 3 nitrogen and oxygen atoms in total. The van der Waals surface area contributed by atoms with Crippen molar-refractivity contribution in [2.45, 2.75) is 24.7 Å². The van der Waals surface area contributed by atoms with Crippen molar-refractivity contribution in [1.82, 2.24) is 5.32 Å². The van der Waals surface area contributed by atoms with Crippen molar-refractivity contribution in [3.05, 3.63) is 54.0 Å². The van der Waals surface area contributed by atoms with E-state index in [4.69, 9.17) is 4.42 Å². The minimum atomic E-state index is 0.0787. The summed E-state index contributed by atoms with van der Waals surface area (Å²) in [7, 11) is 0. The molecule has 1 aromatic heterocycles. The van der Waals surface area contributed by atoms with Crippen molar-refractivity contribution >= 4 is 17.7 Å². The summed E-state index contributed by atoms with van der Waals surface area (Å²) < 4.78 is 5.24. The van der Waals surface area contributed by atoms with E-state index in [0.29, 0.717) is 12.3 Å². The number of carbonyl (C=O) groups excluding carboxylic acids is 1. The van der Waals surface area contributed by atoms with E-state index in [2.05, 4.69) is 24.4 Å². The van der Waals surface area contributed by atoms with Crippen LogP contribution < -0.4 is 5.32 Å². The van der Waals surface area contributed by atoms with E-state index in [0.717, 1.165) is 23.5 Å². The molecule has 4 heteroatoms. The van der Waals surface area contributed by atoms with E-state index in [9.17, 15) is 4.79 Å². The molecule has 0 radical (unpaired) electrons. The standard InChI is InChI=1S/C16H19NO2S/c1-13-6-8-15(9-7-13)20-12-16(18)17-10-2-4-14-5-3-11-19-14/h3,5-9,11H,2,4,10,12H2,1H3,(H,17,18). The zero-order valence-electron chi connectivity index (χ0n) is 11.6. The second-order valence-corrected chi connectivity index (χ2v) is 5.68. The summed E-state index contributed by atoms with van der Waals surface area (Å²) in [5, 5.41) is 2.93. The van der Waals surface area contributed by atoms with Crippen LogP contribution in [0.25, 0.3) is 0 Å². The number of hydrogen-bond acceptors (Lipinski definition) is 3. The molecule has 0 atom stereocenters. The molecule has 2 aromatic rings. The Labute approximate surface area is 123 Å². The number of nitrogens with one attached hydrogen (secondary N) is 1. The van der Waals surface area contributed by atoms with E-state index >= 15 is 0 Å². The largest absolute Gasteiger partial charge is 0.469 e. The zero-order chi connectivity index (χ0) is 14.2. The first-order valence-corrected chi connectivity index (χ1v) is 7.71. The predicted molar refractivity (Wildman–Crippen MR) is 81.9 cm³/mol. The van der Waals surface area contributed by atoms with Crippen LogP contribution in [0.1, 0.15) is 17.7 Å². The van der Waals surface area contributed by atoms with E-state index in [-0.39, 0.29) is 5.91 Å². The second kappa shape index (κ2) is 7.80. The third-order valence-electron chi connectivity index (χ3n) is 2.89. The Morgan fingerprint density at radius 2 is 2.05 bits per heavy atom. The lowest BCUT2D eigenvalue weighted by atomic mass is 10.2. The highest BCUT2D eigenvalue weighted by Crippen LogP contribution is 2.17. The van der Waals surface area contributed by atoms with Gasteiger partial charge in [-0.3, -0.25) is 4.79 Å². The molecule has 20 heavy (non-hydrogen) atoms. The predicted octanol–water partition coefficient (Wildman–Crippen LogP) is 3.43. The maximum absolute atomic E-state index is 11.7. The molecule has 0 aliphatic heterocycles. The van der Waals surface area contributed by atoms with Crippen molar-refractivity contribution in [1.29, 1.82) is 0 Å². The first-order chi connectivity index (χ1) is 9.74. The molecule has 0 spiro atoms. The molecule has 0 aliphatic rings. The Kier molecular flexibility index (Phi) is 5.74. The van der Waals surface area contributed by atoms with Crippen molar-refractivity contribution in [2.24, 2.45) is 0 Å². The van der Waals surface area contributed by atoms with Crippen LogP contribution in [0.3, 0.4) is 0 Å². The van der Waals surface area contributed by atoms with Crippen LogP contribution in [0.15, 0.2) is 52.0 Å². The maximum Gasteiger partial charge on any atom is 0.230 e. The fourth-order valence-electron chi connectivity index (χ4n) is 1.78. The van der Waals surface area contributed by atoms with Gasteiger partial charge >= 0.3 is 0 Å². The van der Waals surface area contributed by atoms with Gasteiger partial charge in [-0.2, -0.15) is 0 Å². The molecule has 106 valence electrons. The van der Waals surface area contributed by atoms with Crippen molar-refractivity contribution in [3.63, 3.8) is 0 Å². The van der Waals surface area contributed by atoms with E-state index in [1.165, 1.54) is 5.56 Å². The molecule has 0 fully saturated rings. The van der Waals surface area contributed by atoms with Gasteiger partial charge in [-0.15, -0.1) is 11.8 Å². The summed E-state index contributed by atoms with van der Waals surface area (Å²) in [4.78, 5) is 12.8. The Morgan fingerprint density at radius 3 is 2.75 bits per heavy atom. The summed E-state index contributed by atoms with van der Waals surface area (Å²) >= 11 is 1.56. The van der Waals surface area contributed by atoms with Gasteiger partial charge in [0.15, 0.2) is 0 Å². The van der Waals surface area contributed by atoms with Gasteiger partial charge in [0.2, 0.25) is 5.91 Å². The van der Waals surface area contributed by atoms with Crippen LogP contribution in [-0.2, 0) is 11.2 Å². The van der Waals surface area contributed by atoms with Gasteiger partial charge in [0, 0.05) is 17.9 Å². The van der Waals surface area contributed by atoms with Crippen molar-refractivity contribution in [3.8, 4) is 0 Å². The van der Waals surface area contributed by atoms with E-state index in [1.807, 2.05) is 24.3 Å². The maximum atomic E-state index is 11.7. The molecule has 1 amide bonds. The minimum absolute atomic E-state index is 0.0787. The van der Waals surface area contributed by atoms with E-state index < -0.39 is 0 Å². The molecule has 0 bridgehead atoms. The molecule has 0 saturated carbocycles. The second-order valence-electron chi connectivity index (χ2n) is 4.63. The molecular weight excluding hydrogens is 270 g/mol. The fraction of sp³-hybridized carbons (Fsp3) is 0.312. The number of carbonyl (C=O) groups is 1. The van der Waals surface area contributed by atoms with Gasteiger partial charge in [-0.05, 0) is 37.6 Å². The van der Waals surface area contributed by atoms with Gasteiger partial charge in [0.25, 0.3) is 0 Å². The topological polar surface area (TPSA) is 42.2 Å². The number of aryl methyl sites for hydroxylation is 2. The summed E-state index contributed by atoms with van der Waals surface area (Å²) in [6.07, 6.45) is 3.43. The molecule has 2 rings (SSSR count). The average Bonchev–Trinajstić information content (AvgIpc) is 2.96. The third-order valence-corrected chi connectivity index (χ3v) is 3.91. The molecule has 0 aliphatic carbocycles. The van der Waals surface area contributed by atoms with Crippen LogP contribution in [0.4, 0.5) is 0 Å². The van der Waals surface area contributed by atoms with Crippen molar-refractivity contribution in [2.75, 3.05) is 12.3 Å². The number of furan rings is 1. The Balaban J connectivity index is 1.59. The molecule has 1 heterocycles. The summed E-state index contributed by atoms with van der Waals surface area (Å²) in [5.74, 6) is 1.51. The number of rotatable bonds is 7.